The number of rotatable bonds is 7. The van der Waals surface area contributed by atoms with E-state index in [9.17, 15) is 9.59 Å². The number of carboxylic acids is 2. The number of carboxylic acid groups (broad SMARTS) is 2. The summed E-state index contributed by atoms with van der Waals surface area (Å²) in [5, 5.41) is 31.1. The van der Waals surface area contributed by atoms with Gasteiger partial charge in [0, 0.05) is 6.61 Å². The minimum absolute atomic E-state index is 0.0896. The van der Waals surface area contributed by atoms with Crippen molar-refractivity contribution in [1.29, 1.82) is 0 Å². The van der Waals surface area contributed by atoms with Crippen LogP contribution in [-0.4, -0.2) is 59.0 Å². The van der Waals surface area contributed by atoms with Gasteiger partial charge < -0.3 is 26.0 Å². The normalized spacial score (nSPS) is 19.4. The summed E-state index contributed by atoms with van der Waals surface area (Å²) >= 11 is 0. The van der Waals surface area contributed by atoms with Gasteiger partial charge in [-0.15, -0.1) is 0 Å². The minimum atomic E-state index is -0.896. The molecule has 1 unspecified atom stereocenters. The molecule has 5 N–H and O–H groups in total. The van der Waals surface area contributed by atoms with Gasteiger partial charge in [0.25, 0.3) is 0 Å². The molecule has 112 valence electrons. The van der Waals surface area contributed by atoms with Crippen LogP contribution in [0.4, 0.5) is 0 Å². The van der Waals surface area contributed by atoms with E-state index in [-0.39, 0.29) is 19.1 Å². The third kappa shape index (κ3) is 8.52. The Morgan fingerprint density at radius 3 is 2.42 bits per heavy atom. The number of nitrogens with one attached hydrogen (secondary N) is 2. The first-order chi connectivity index (χ1) is 9.02. The van der Waals surface area contributed by atoms with Gasteiger partial charge in [0.15, 0.2) is 0 Å². The summed E-state index contributed by atoms with van der Waals surface area (Å²) in [7, 11) is 0. The average molecular weight is 276 g/mol. The molecule has 1 aliphatic rings. The Morgan fingerprint density at radius 1 is 1.42 bits per heavy atom. The van der Waals surface area contributed by atoms with Gasteiger partial charge in [-0.1, -0.05) is 6.92 Å². The maximum absolute atomic E-state index is 10.4. The molecule has 0 aliphatic carbocycles. The van der Waals surface area contributed by atoms with E-state index >= 15 is 0 Å². The van der Waals surface area contributed by atoms with Crippen molar-refractivity contribution in [2.45, 2.75) is 44.7 Å². The van der Waals surface area contributed by atoms with Crippen molar-refractivity contribution in [2.24, 2.45) is 0 Å². The van der Waals surface area contributed by atoms with Crippen LogP contribution in [0.25, 0.3) is 0 Å². The molecule has 0 aromatic heterocycles. The summed E-state index contributed by atoms with van der Waals surface area (Å²) in [6.45, 7) is 3.41. The average Bonchev–Trinajstić information content (AvgIpc) is 2.89. The Labute approximate surface area is 113 Å². The summed E-state index contributed by atoms with van der Waals surface area (Å²) in [6, 6.07) is -0.866. The van der Waals surface area contributed by atoms with Crippen LogP contribution in [0.15, 0.2) is 0 Å². The molecule has 7 nitrogen and oxygen atoms in total. The van der Waals surface area contributed by atoms with Crippen LogP contribution in [0.2, 0.25) is 0 Å². The maximum Gasteiger partial charge on any atom is 0.320 e. The second-order valence-corrected chi connectivity index (χ2v) is 4.34. The lowest BCUT2D eigenvalue weighted by Gasteiger charge is -2.11. The van der Waals surface area contributed by atoms with Gasteiger partial charge in [-0.05, 0) is 38.8 Å². The van der Waals surface area contributed by atoms with E-state index in [2.05, 4.69) is 10.6 Å². The molecule has 1 saturated heterocycles. The molecule has 1 aliphatic heterocycles. The number of aliphatic carboxylic acids is 2. The molecule has 0 aromatic carbocycles. The quantitative estimate of drug-likeness (QED) is 0.431. The molecule has 7 heteroatoms. The highest BCUT2D eigenvalue weighted by molar-refractivity contribution is 5.73. The van der Waals surface area contributed by atoms with Crippen molar-refractivity contribution < 1.29 is 24.9 Å². The summed E-state index contributed by atoms with van der Waals surface area (Å²) < 4.78 is 0. The molecule has 2 atom stereocenters. The SMILES string of the molecule is CCCNC(CCO)C(=O)O.O=C(O)[C@@H]1CCCN1. The second kappa shape index (κ2) is 10.7. The lowest BCUT2D eigenvalue weighted by atomic mass is 10.2. The Balaban J connectivity index is 0.000000356. The van der Waals surface area contributed by atoms with E-state index in [0.717, 1.165) is 25.8 Å². The molecule has 0 bridgehead atoms. The number of hydrogen-bond acceptors (Lipinski definition) is 5. The van der Waals surface area contributed by atoms with Crippen molar-refractivity contribution in [3.05, 3.63) is 0 Å². The van der Waals surface area contributed by atoms with E-state index in [1.807, 2.05) is 6.92 Å². The summed E-state index contributed by atoms with van der Waals surface area (Å²) in [5.74, 6) is -1.62. The van der Waals surface area contributed by atoms with Gasteiger partial charge in [0.05, 0.1) is 0 Å². The van der Waals surface area contributed by atoms with Crippen LogP contribution >= 0.6 is 0 Å². The first-order valence-electron chi connectivity index (χ1n) is 6.56. The zero-order valence-electron chi connectivity index (χ0n) is 11.3. The van der Waals surface area contributed by atoms with Gasteiger partial charge in [0.2, 0.25) is 0 Å². The van der Waals surface area contributed by atoms with Crippen LogP contribution in [0, 0.1) is 0 Å². The van der Waals surface area contributed by atoms with Gasteiger partial charge in [-0.2, -0.15) is 0 Å². The topological polar surface area (TPSA) is 119 Å². The highest BCUT2D eigenvalue weighted by Crippen LogP contribution is 2.03. The van der Waals surface area contributed by atoms with E-state index in [1.165, 1.54) is 0 Å². The Hall–Kier alpha value is -1.18. The highest BCUT2D eigenvalue weighted by atomic mass is 16.4. The zero-order valence-corrected chi connectivity index (χ0v) is 11.3. The predicted molar refractivity (Wildman–Crippen MR) is 70.1 cm³/mol. The van der Waals surface area contributed by atoms with Crippen molar-refractivity contribution in [3.8, 4) is 0 Å². The van der Waals surface area contributed by atoms with Gasteiger partial charge in [-0.3, -0.25) is 9.59 Å². The third-order valence-electron chi connectivity index (χ3n) is 2.72. The number of aliphatic hydroxyl groups is 1. The Morgan fingerprint density at radius 2 is 2.11 bits per heavy atom. The zero-order chi connectivity index (χ0) is 14.7. The lowest BCUT2D eigenvalue weighted by Crippen LogP contribution is -2.37. The van der Waals surface area contributed by atoms with Crippen LogP contribution < -0.4 is 10.6 Å². The second-order valence-electron chi connectivity index (χ2n) is 4.34. The Bertz CT molecular complexity index is 267. The van der Waals surface area contributed by atoms with Gasteiger partial charge >= 0.3 is 11.9 Å². The fourth-order valence-electron chi connectivity index (χ4n) is 1.66. The van der Waals surface area contributed by atoms with Crippen molar-refractivity contribution in [3.63, 3.8) is 0 Å². The fraction of sp³-hybridized carbons (Fsp3) is 0.833. The minimum Gasteiger partial charge on any atom is -0.480 e. The van der Waals surface area contributed by atoms with Crippen molar-refractivity contribution in [2.75, 3.05) is 19.7 Å². The highest BCUT2D eigenvalue weighted by Gasteiger charge is 2.20. The molecular weight excluding hydrogens is 252 g/mol. The molecule has 0 spiro atoms. The summed E-state index contributed by atoms with van der Waals surface area (Å²) in [6.07, 6.45) is 2.96. The molecule has 0 saturated carbocycles. The van der Waals surface area contributed by atoms with Gasteiger partial charge in [0.1, 0.15) is 12.1 Å². The molecular formula is C12H24N2O5. The van der Waals surface area contributed by atoms with Crippen LogP contribution in [0.5, 0.6) is 0 Å². The Kier molecular flexibility index (Phi) is 10.1. The molecule has 0 aromatic rings. The molecule has 1 rings (SSSR count). The number of carbonyl (C=O) groups is 2. The third-order valence-corrected chi connectivity index (χ3v) is 2.72. The maximum atomic E-state index is 10.4. The van der Waals surface area contributed by atoms with Crippen LogP contribution in [-0.2, 0) is 9.59 Å². The standard InChI is InChI=1S/C7H15NO3.C5H9NO2/c1-2-4-8-6(3-5-9)7(10)11;7-5(8)4-2-1-3-6-4/h6,8-9H,2-5H2,1H3,(H,10,11);4,6H,1-3H2,(H,7,8)/t;4-/m.0/s1. The molecule has 19 heavy (non-hydrogen) atoms. The first-order valence-corrected chi connectivity index (χ1v) is 6.56. The molecule has 0 radical (unpaired) electrons. The van der Waals surface area contributed by atoms with Crippen LogP contribution in [0.1, 0.15) is 32.6 Å². The number of hydrogen-bond donors (Lipinski definition) is 5. The summed E-state index contributed by atoms with van der Waals surface area (Å²) in [5.41, 5.74) is 0. The van der Waals surface area contributed by atoms with Crippen molar-refractivity contribution >= 4 is 11.9 Å². The van der Waals surface area contributed by atoms with Crippen molar-refractivity contribution in [1.82, 2.24) is 10.6 Å². The summed E-state index contributed by atoms with van der Waals surface area (Å²) in [4.78, 5) is 20.6. The first kappa shape index (κ1) is 17.8. The number of aliphatic hydroxyl groups excluding tert-OH is 1. The van der Waals surface area contributed by atoms with E-state index < -0.39 is 18.0 Å². The smallest absolute Gasteiger partial charge is 0.320 e. The molecule has 1 fully saturated rings. The van der Waals surface area contributed by atoms with E-state index in [1.54, 1.807) is 0 Å². The monoisotopic (exact) mass is 276 g/mol. The predicted octanol–water partition coefficient (Wildman–Crippen LogP) is -0.355. The lowest BCUT2D eigenvalue weighted by molar-refractivity contribution is -0.140. The largest absolute Gasteiger partial charge is 0.480 e. The van der Waals surface area contributed by atoms with E-state index in [4.69, 9.17) is 15.3 Å². The molecule has 1 heterocycles. The molecule has 0 amide bonds. The van der Waals surface area contributed by atoms with E-state index in [0.29, 0.717) is 6.54 Å². The fourth-order valence-corrected chi connectivity index (χ4v) is 1.66. The van der Waals surface area contributed by atoms with Crippen LogP contribution in [0.3, 0.4) is 0 Å². The van der Waals surface area contributed by atoms with Gasteiger partial charge in [-0.25, -0.2) is 0 Å².